The van der Waals surface area contributed by atoms with E-state index in [0.717, 1.165) is 65.1 Å². The van der Waals surface area contributed by atoms with Crippen molar-refractivity contribution in [3.8, 4) is 0 Å². The first-order valence-electron chi connectivity index (χ1n) is 12.0. The molecule has 4 atom stereocenters. The molecule has 0 amide bonds. The van der Waals surface area contributed by atoms with Crippen LogP contribution in [0.4, 0.5) is 0 Å². The molecule has 0 aromatic rings. The van der Waals surface area contributed by atoms with E-state index in [4.69, 9.17) is 9.47 Å². The molecule has 6 heteroatoms. The Morgan fingerprint density at radius 1 is 0.700 bits per heavy atom. The van der Waals surface area contributed by atoms with Crippen molar-refractivity contribution < 1.29 is 19.7 Å². The molecular formula is C24H42N2O4. The Kier molecular flexibility index (Phi) is 10.8. The third kappa shape index (κ3) is 9.16. The predicted octanol–water partition coefficient (Wildman–Crippen LogP) is 2.07. The summed E-state index contributed by atoms with van der Waals surface area (Å²) in [6.45, 7) is 7.39. The molecule has 172 valence electrons. The van der Waals surface area contributed by atoms with E-state index in [-0.39, 0.29) is 0 Å². The molecule has 0 bridgehead atoms. The van der Waals surface area contributed by atoms with E-state index >= 15 is 0 Å². The fourth-order valence-electron chi connectivity index (χ4n) is 4.61. The van der Waals surface area contributed by atoms with Crippen LogP contribution >= 0.6 is 0 Å². The Bertz CT molecular complexity index is 473. The molecule has 0 aromatic carbocycles. The van der Waals surface area contributed by atoms with Gasteiger partial charge in [-0.15, -0.1) is 0 Å². The van der Waals surface area contributed by atoms with Gasteiger partial charge in [-0.1, -0.05) is 24.3 Å². The number of β-amino-alcohol motifs (C(OH)–C–C–N with tert-alkyl or cyclic N) is 2. The smallest absolute Gasteiger partial charge is 0.0900 e. The molecule has 3 aliphatic rings. The van der Waals surface area contributed by atoms with E-state index in [2.05, 4.69) is 34.1 Å². The average Bonchev–Trinajstić information content (AvgIpc) is 2.77. The van der Waals surface area contributed by atoms with Gasteiger partial charge >= 0.3 is 0 Å². The maximum Gasteiger partial charge on any atom is 0.0900 e. The lowest BCUT2D eigenvalue weighted by atomic mass is 9.95. The van der Waals surface area contributed by atoms with Crippen LogP contribution in [0.2, 0.25) is 0 Å². The van der Waals surface area contributed by atoms with Crippen molar-refractivity contribution in [2.45, 2.75) is 50.7 Å². The number of piperazine rings is 1. The van der Waals surface area contributed by atoms with E-state index in [1.165, 1.54) is 12.8 Å². The minimum absolute atomic E-state index is 0.424. The van der Waals surface area contributed by atoms with Crippen molar-refractivity contribution in [1.82, 2.24) is 9.80 Å². The molecule has 4 unspecified atom stereocenters. The first-order valence-corrected chi connectivity index (χ1v) is 12.0. The van der Waals surface area contributed by atoms with Gasteiger partial charge in [0, 0.05) is 52.5 Å². The van der Waals surface area contributed by atoms with E-state index in [1.807, 2.05) is 0 Å². The quantitative estimate of drug-likeness (QED) is 0.470. The van der Waals surface area contributed by atoms with Gasteiger partial charge in [0.15, 0.2) is 0 Å². The van der Waals surface area contributed by atoms with Gasteiger partial charge in [0.25, 0.3) is 0 Å². The maximum atomic E-state index is 10.3. The van der Waals surface area contributed by atoms with Crippen molar-refractivity contribution in [3.63, 3.8) is 0 Å². The average molecular weight is 423 g/mol. The topological polar surface area (TPSA) is 65.4 Å². The van der Waals surface area contributed by atoms with Gasteiger partial charge in [-0.3, -0.25) is 9.80 Å². The Labute approximate surface area is 182 Å². The van der Waals surface area contributed by atoms with Crippen LogP contribution in [0.3, 0.4) is 0 Å². The van der Waals surface area contributed by atoms with E-state index < -0.39 is 12.2 Å². The van der Waals surface area contributed by atoms with Crippen molar-refractivity contribution in [2.24, 2.45) is 11.8 Å². The van der Waals surface area contributed by atoms with E-state index in [1.54, 1.807) is 0 Å². The zero-order valence-corrected chi connectivity index (χ0v) is 18.5. The molecule has 2 N–H and O–H groups in total. The lowest BCUT2D eigenvalue weighted by Gasteiger charge is -2.36. The van der Waals surface area contributed by atoms with Gasteiger partial charge < -0.3 is 19.7 Å². The fourth-order valence-corrected chi connectivity index (χ4v) is 4.61. The van der Waals surface area contributed by atoms with Gasteiger partial charge in [0.2, 0.25) is 0 Å². The molecule has 30 heavy (non-hydrogen) atoms. The Hall–Kier alpha value is -0.760. The monoisotopic (exact) mass is 422 g/mol. The SMILES string of the molecule is OC(COCC1CC=CCC1)CN1CCN(CC(O)COCC2CC=CCC2)CC1. The summed E-state index contributed by atoms with van der Waals surface area (Å²) in [7, 11) is 0. The summed E-state index contributed by atoms with van der Waals surface area (Å²) in [5, 5.41) is 20.6. The van der Waals surface area contributed by atoms with Crippen molar-refractivity contribution in [2.75, 3.05) is 65.7 Å². The summed E-state index contributed by atoms with van der Waals surface area (Å²) in [6, 6.07) is 0. The molecule has 1 saturated heterocycles. The molecule has 0 saturated carbocycles. The number of nitrogens with zero attached hydrogens (tertiary/aromatic N) is 2. The van der Waals surface area contributed by atoms with Gasteiger partial charge in [-0.05, 0) is 50.4 Å². The maximum absolute atomic E-state index is 10.3. The summed E-state index contributed by atoms with van der Waals surface area (Å²) < 4.78 is 11.5. The lowest BCUT2D eigenvalue weighted by molar-refractivity contribution is -0.0174. The molecule has 0 radical (unpaired) electrons. The number of aliphatic hydroxyl groups is 2. The van der Waals surface area contributed by atoms with Crippen LogP contribution < -0.4 is 0 Å². The number of rotatable bonds is 12. The minimum atomic E-state index is -0.427. The second-order valence-electron chi connectivity index (χ2n) is 9.28. The molecule has 3 rings (SSSR count). The highest BCUT2D eigenvalue weighted by atomic mass is 16.5. The van der Waals surface area contributed by atoms with Gasteiger partial charge in [0.1, 0.15) is 0 Å². The van der Waals surface area contributed by atoms with Gasteiger partial charge in [-0.2, -0.15) is 0 Å². The van der Waals surface area contributed by atoms with Crippen LogP contribution in [0.15, 0.2) is 24.3 Å². The summed E-state index contributed by atoms with van der Waals surface area (Å²) >= 11 is 0. The summed E-state index contributed by atoms with van der Waals surface area (Å²) in [5.41, 5.74) is 0. The molecule has 0 aromatic heterocycles. The normalized spacial score (nSPS) is 27.9. The number of aliphatic hydroxyl groups excluding tert-OH is 2. The highest BCUT2D eigenvalue weighted by Crippen LogP contribution is 2.19. The first-order chi connectivity index (χ1) is 14.7. The number of hydrogen-bond donors (Lipinski definition) is 2. The largest absolute Gasteiger partial charge is 0.389 e. The van der Waals surface area contributed by atoms with Gasteiger partial charge in [0.05, 0.1) is 25.4 Å². The zero-order valence-electron chi connectivity index (χ0n) is 18.5. The Balaban J connectivity index is 1.20. The van der Waals surface area contributed by atoms with Crippen molar-refractivity contribution in [3.05, 3.63) is 24.3 Å². The van der Waals surface area contributed by atoms with E-state index in [9.17, 15) is 10.2 Å². The van der Waals surface area contributed by atoms with Crippen LogP contribution in [0, 0.1) is 11.8 Å². The van der Waals surface area contributed by atoms with Crippen molar-refractivity contribution >= 4 is 0 Å². The zero-order chi connectivity index (χ0) is 21.0. The third-order valence-corrected chi connectivity index (χ3v) is 6.49. The molecule has 1 heterocycles. The van der Waals surface area contributed by atoms with Crippen LogP contribution in [0.1, 0.15) is 38.5 Å². The highest BCUT2D eigenvalue weighted by molar-refractivity contribution is 4.90. The van der Waals surface area contributed by atoms with Gasteiger partial charge in [-0.25, -0.2) is 0 Å². The molecule has 1 aliphatic heterocycles. The molecule has 6 nitrogen and oxygen atoms in total. The van der Waals surface area contributed by atoms with Crippen LogP contribution in [0.25, 0.3) is 0 Å². The molecule has 0 spiro atoms. The molecular weight excluding hydrogens is 380 g/mol. The summed E-state index contributed by atoms with van der Waals surface area (Å²) in [4.78, 5) is 4.60. The van der Waals surface area contributed by atoms with Crippen LogP contribution in [-0.4, -0.2) is 97.9 Å². The lowest BCUT2D eigenvalue weighted by Crippen LogP contribution is -2.51. The second-order valence-corrected chi connectivity index (χ2v) is 9.28. The highest BCUT2D eigenvalue weighted by Gasteiger charge is 2.22. The number of ether oxygens (including phenoxy) is 2. The Morgan fingerprint density at radius 2 is 1.13 bits per heavy atom. The third-order valence-electron chi connectivity index (χ3n) is 6.49. The summed E-state index contributed by atoms with van der Waals surface area (Å²) in [6.07, 6.45) is 15.0. The molecule has 2 aliphatic carbocycles. The standard InChI is InChI=1S/C24H42N2O4/c27-23(19-29-17-21-7-3-1-4-8-21)15-25-11-13-26(14-12-25)16-24(28)20-30-18-22-9-5-2-6-10-22/h1-3,5,21-24,27-28H,4,6-20H2. The predicted molar refractivity (Wildman–Crippen MR) is 119 cm³/mol. The van der Waals surface area contributed by atoms with E-state index in [0.29, 0.717) is 38.1 Å². The minimum Gasteiger partial charge on any atom is -0.389 e. The molecule has 1 fully saturated rings. The second kappa shape index (κ2) is 13.6. The number of allylic oxidation sites excluding steroid dienone is 4. The number of hydrogen-bond acceptors (Lipinski definition) is 6. The van der Waals surface area contributed by atoms with Crippen LogP contribution in [0.5, 0.6) is 0 Å². The van der Waals surface area contributed by atoms with Crippen LogP contribution in [-0.2, 0) is 9.47 Å². The first kappa shape index (κ1) is 23.9. The summed E-state index contributed by atoms with van der Waals surface area (Å²) in [5.74, 6) is 1.22. The Morgan fingerprint density at radius 3 is 1.50 bits per heavy atom. The fraction of sp³-hybridized carbons (Fsp3) is 0.833. The van der Waals surface area contributed by atoms with Crippen molar-refractivity contribution in [1.29, 1.82) is 0 Å².